The number of likely N-dealkylation sites (tertiary alicyclic amines) is 1. The van der Waals surface area contributed by atoms with E-state index in [1.54, 1.807) is 17.9 Å². The molecule has 5 N–H and O–H groups in total. The molecule has 0 spiro atoms. The smallest absolute Gasteiger partial charge is 0.475 e. The number of carbonyl (C=O) groups excluding carboxylic acids is 2. The van der Waals surface area contributed by atoms with Crippen molar-refractivity contribution in [3.63, 3.8) is 0 Å². The molecular formula is C33H39F6N7O6. The Kier molecular flexibility index (Phi) is 13.2. The summed E-state index contributed by atoms with van der Waals surface area (Å²) in [6, 6.07) is 6.58. The monoisotopic (exact) mass is 743 g/mol. The van der Waals surface area contributed by atoms with Crippen molar-refractivity contribution in [2.24, 2.45) is 5.73 Å². The molecule has 3 aromatic heterocycles. The zero-order valence-corrected chi connectivity index (χ0v) is 28.9. The Morgan fingerprint density at radius 3 is 2.02 bits per heavy atom. The Balaban J connectivity index is 0.000000441. The third kappa shape index (κ3) is 9.64. The second-order valence-corrected chi connectivity index (χ2v) is 12.4. The molecule has 1 fully saturated rings. The van der Waals surface area contributed by atoms with Gasteiger partial charge in [0.1, 0.15) is 6.33 Å². The Morgan fingerprint density at radius 1 is 0.981 bits per heavy atom. The number of hydrogen-bond acceptors (Lipinski definition) is 8. The zero-order valence-electron chi connectivity index (χ0n) is 28.9. The van der Waals surface area contributed by atoms with E-state index in [9.17, 15) is 35.9 Å². The summed E-state index contributed by atoms with van der Waals surface area (Å²) in [4.78, 5) is 49.3. The van der Waals surface area contributed by atoms with Gasteiger partial charge in [0.15, 0.2) is 5.65 Å². The van der Waals surface area contributed by atoms with Crippen LogP contribution in [-0.4, -0.2) is 104 Å². The number of aryl methyl sites for hydroxylation is 1. The van der Waals surface area contributed by atoms with Crippen molar-refractivity contribution < 1.29 is 55.7 Å². The van der Waals surface area contributed by atoms with Crippen LogP contribution in [0.4, 0.5) is 26.3 Å². The first-order valence-electron chi connectivity index (χ1n) is 15.9. The van der Waals surface area contributed by atoms with E-state index in [-0.39, 0.29) is 24.3 Å². The predicted octanol–water partition coefficient (Wildman–Crippen LogP) is 4.88. The molecule has 13 nitrogen and oxygen atoms in total. The molecule has 5 rings (SSSR count). The number of piperidine rings is 1. The largest absolute Gasteiger partial charge is 0.490 e. The number of aromatic nitrogens is 4. The summed E-state index contributed by atoms with van der Waals surface area (Å²) in [6.07, 6.45) is -4.65. The van der Waals surface area contributed by atoms with Gasteiger partial charge in [-0.1, -0.05) is 19.9 Å². The summed E-state index contributed by atoms with van der Waals surface area (Å²) in [5.74, 6) is -5.20. The minimum Gasteiger partial charge on any atom is -0.475 e. The number of nitrogens with zero attached hydrogens (tertiary/aromatic N) is 5. The first-order valence-corrected chi connectivity index (χ1v) is 15.9. The van der Waals surface area contributed by atoms with Gasteiger partial charge in [0, 0.05) is 17.1 Å². The number of fused-ring (bicyclic) bond motifs is 2. The highest BCUT2D eigenvalue weighted by Gasteiger charge is 2.39. The molecule has 0 radical (unpaired) electrons. The quantitative estimate of drug-likeness (QED) is 0.190. The van der Waals surface area contributed by atoms with Crippen molar-refractivity contribution in [3.8, 4) is 11.3 Å². The summed E-state index contributed by atoms with van der Waals surface area (Å²) >= 11 is 0. The fourth-order valence-electron chi connectivity index (χ4n) is 6.01. The van der Waals surface area contributed by atoms with Crippen molar-refractivity contribution in [3.05, 3.63) is 53.0 Å². The number of carbonyl (C=O) groups is 4. The van der Waals surface area contributed by atoms with E-state index in [1.807, 2.05) is 10.8 Å². The van der Waals surface area contributed by atoms with Gasteiger partial charge in [-0.15, -0.1) is 0 Å². The van der Waals surface area contributed by atoms with Gasteiger partial charge in [0.25, 0.3) is 0 Å². The molecule has 4 heterocycles. The van der Waals surface area contributed by atoms with E-state index in [0.717, 1.165) is 64.9 Å². The van der Waals surface area contributed by atoms with Crippen molar-refractivity contribution in [1.29, 1.82) is 0 Å². The average Bonchev–Trinajstić information content (AvgIpc) is 3.65. The van der Waals surface area contributed by atoms with E-state index < -0.39 is 24.3 Å². The number of nitrogens with one attached hydrogen (secondary N) is 1. The van der Waals surface area contributed by atoms with E-state index in [4.69, 9.17) is 25.5 Å². The number of hydrogen-bond donors (Lipinski definition) is 4. The summed E-state index contributed by atoms with van der Waals surface area (Å²) in [5, 5.41) is 22.8. The molecule has 0 atom stereocenters. The highest BCUT2D eigenvalue weighted by molar-refractivity contribution is 6.03. The molecule has 52 heavy (non-hydrogen) atoms. The lowest BCUT2D eigenvalue weighted by molar-refractivity contribution is -0.193. The maximum atomic E-state index is 13.6. The Hall–Kier alpha value is -5.04. The number of aliphatic carboxylic acids is 2. The third-order valence-electron chi connectivity index (χ3n) is 8.49. The number of primary amides is 1. The number of carboxylic acids is 2. The topological polar surface area (TPSA) is 185 Å². The molecule has 19 heteroatoms. The molecule has 0 unspecified atom stereocenters. The van der Waals surface area contributed by atoms with E-state index in [0.29, 0.717) is 12.5 Å². The van der Waals surface area contributed by atoms with Crippen LogP contribution >= 0.6 is 0 Å². The van der Waals surface area contributed by atoms with E-state index in [1.165, 1.54) is 11.1 Å². The summed E-state index contributed by atoms with van der Waals surface area (Å²) in [7, 11) is 1.80. The fraction of sp³-hybridized carbons (Fsp3) is 0.455. The average molecular weight is 744 g/mol. The molecule has 1 aliphatic heterocycles. The normalized spacial score (nSPS) is 14.2. The van der Waals surface area contributed by atoms with Gasteiger partial charge in [-0.25, -0.2) is 19.1 Å². The maximum Gasteiger partial charge on any atom is 0.490 e. The van der Waals surface area contributed by atoms with Crippen molar-refractivity contribution in [2.45, 2.75) is 64.7 Å². The van der Waals surface area contributed by atoms with Crippen LogP contribution in [0.15, 0.2) is 30.7 Å². The van der Waals surface area contributed by atoms with Gasteiger partial charge >= 0.3 is 24.3 Å². The second-order valence-electron chi connectivity index (χ2n) is 12.4. The van der Waals surface area contributed by atoms with Gasteiger partial charge < -0.3 is 21.3 Å². The number of pyridine rings is 1. The minimum absolute atomic E-state index is 0.00245. The van der Waals surface area contributed by atoms with Gasteiger partial charge in [-0.2, -0.15) is 31.4 Å². The number of carboxylic acid groups (broad SMARTS) is 2. The number of alkyl halides is 6. The lowest BCUT2D eigenvalue weighted by Gasteiger charge is -2.31. The molecule has 4 aromatic rings. The first kappa shape index (κ1) is 41.4. The third-order valence-corrected chi connectivity index (χ3v) is 8.49. The van der Waals surface area contributed by atoms with Crippen LogP contribution < -0.4 is 11.1 Å². The second kappa shape index (κ2) is 16.5. The molecule has 0 aliphatic carbocycles. The maximum absolute atomic E-state index is 13.6. The van der Waals surface area contributed by atoms with Gasteiger partial charge in [-0.05, 0) is 93.0 Å². The predicted molar refractivity (Wildman–Crippen MR) is 177 cm³/mol. The van der Waals surface area contributed by atoms with E-state index >= 15 is 0 Å². The molecule has 1 saturated heterocycles. The SMILES string of the molecule is CNCC(=O)n1c(-c2cn3ncnc3c(C)c2C)c(C(C)C)c2cc(C3CCN(CC(N)=O)CC3)ccc21.O=C(O)C(F)(F)F.O=C(O)C(F)(F)F. The number of halogens is 6. The van der Waals surface area contributed by atoms with Crippen LogP contribution in [0.3, 0.4) is 0 Å². The lowest BCUT2D eigenvalue weighted by Crippen LogP contribution is -2.39. The summed E-state index contributed by atoms with van der Waals surface area (Å²) in [6.45, 7) is 10.8. The van der Waals surface area contributed by atoms with Gasteiger partial charge in [-0.3, -0.25) is 19.1 Å². The Labute approximate surface area is 293 Å². The Morgan fingerprint density at radius 2 is 1.54 bits per heavy atom. The molecule has 0 saturated carbocycles. The Bertz CT molecular complexity index is 1920. The van der Waals surface area contributed by atoms with Crippen molar-refractivity contribution in [2.75, 3.05) is 33.2 Å². The van der Waals surface area contributed by atoms with Crippen LogP contribution in [-0.2, 0) is 14.4 Å². The summed E-state index contributed by atoms with van der Waals surface area (Å²) < 4.78 is 67.2. The van der Waals surface area contributed by atoms with Crippen LogP contribution in [0.5, 0.6) is 0 Å². The van der Waals surface area contributed by atoms with Crippen molar-refractivity contribution in [1.82, 2.24) is 29.4 Å². The minimum atomic E-state index is -5.08. The first-order chi connectivity index (χ1) is 24.1. The molecule has 1 aliphatic rings. The van der Waals surface area contributed by atoms with E-state index in [2.05, 4.69) is 66.2 Å². The highest BCUT2D eigenvalue weighted by atomic mass is 19.4. The number of likely N-dealkylation sites (N-methyl/N-ethyl adjacent to an activating group) is 1. The number of amides is 1. The van der Waals surface area contributed by atoms with Crippen LogP contribution in [0.1, 0.15) is 65.6 Å². The highest BCUT2D eigenvalue weighted by Crippen LogP contribution is 2.42. The van der Waals surface area contributed by atoms with Crippen LogP contribution in [0, 0.1) is 13.8 Å². The summed E-state index contributed by atoms with van der Waals surface area (Å²) in [5.41, 5.74) is 13.7. The lowest BCUT2D eigenvalue weighted by atomic mass is 9.87. The zero-order chi connectivity index (χ0) is 39.3. The van der Waals surface area contributed by atoms with Crippen molar-refractivity contribution >= 4 is 40.3 Å². The molecule has 284 valence electrons. The van der Waals surface area contributed by atoms with Gasteiger partial charge in [0.2, 0.25) is 11.8 Å². The number of rotatable bonds is 7. The van der Waals surface area contributed by atoms with Crippen LogP contribution in [0.25, 0.3) is 27.8 Å². The molecule has 1 amide bonds. The fourth-order valence-corrected chi connectivity index (χ4v) is 6.01. The number of nitrogens with two attached hydrogens (primary N) is 1. The number of benzene rings is 1. The molecule has 1 aromatic carbocycles. The van der Waals surface area contributed by atoms with Crippen LogP contribution in [0.2, 0.25) is 0 Å². The van der Waals surface area contributed by atoms with Gasteiger partial charge in [0.05, 0.1) is 24.3 Å². The molecular weight excluding hydrogens is 704 g/mol. The standard InChI is InChI=1S/C29H37N7O2.2C2HF3O2/c1-17(2)27-22-12-21(20-8-10-34(11-9-20)15-25(30)37)6-7-24(22)36(26(38)13-31-5)28(27)23-14-35-29(32-16-33-35)19(4)18(23)3;2*3-2(4,5)1(6)7/h6-7,12,14,16-17,20,31H,8-11,13,15H2,1-5H3,(H2,30,37);2*(H,6,7). The molecule has 0 bridgehead atoms.